The van der Waals surface area contributed by atoms with Crippen molar-refractivity contribution in [3.63, 3.8) is 0 Å². The van der Waals surface area contributed by atoms with Crippen molar-refractivity contribution in [2.24, 2.45) is 0 Å². The third-order valence-electron chi connectivity index (χ3n) is 3.44. The van der Waals surface area contributed by atoms with Crippen LogP contribution in [0.2, 0.25) is 0 Å². The number of hydrogen-bond donors (Lipinski definition) is 1. The maximum absolute atomic E-state index is 11.3. The van der Waals surface area contributed by atoms with Crippen molar-refractivity contribution < 1.29 is 14.3 Å². The minimum Gasteiger partial charge on any atom is -0.491 e. The Morgan fingerprint density at radius 1 is 1.21 bits per heavy atom. The number of rotatable bonds is 8. The minimum atomic E-state index is 0.0645. The first-order valence-electron chi connectivity index (χ1n) is 7.56. The number of benzene rings is 2. The number of nitrogens with one attached hydrogen (secondary N) is 1. The number of amides is 1. The van der Waals surface area contributed by atoms with E-state index in [1.54, 1.807) is 30.3 Å². The highest BCUT2D eigenvalue weighted by atomic mass is 16.5. The van der Waals surface area contributed by atoms with Crippen LogP contribution in [0.4, 0.5) is 5.69 Å². The molecule has 0 fully saturated rings. The van der Waals surface area contributed by atoms with E-state index in [2.05, 4.69) is 11.4 Å². The van der Waals surface area contributed by atoms with Gasteiger partial charge >= 0.3 is 0 Å². The van der Waals surface area contributed by atoms with Gasteiger partial charge in [0.2, 0.25) is 6.41 Å². The Kier molecular flexibility index (Phi) is 6.09. The molecule has 0 aliphatic heterocycles. The molecule has 0 saturated carbocycles. The number of Topliss-reactive ketones (excluding diaryl/α,β-unsaturated/α-hetero) is 1. The Morgan fingerprint density at radius 2 is 1.92 bits per heavy atom. The average Bonchev–Trinajstić information content (AvgIpc) is 2.57. The van der Waals surface area contributed by atoms with Gasteiger partial charge in [-0.15, -0.1) is 0 Å². The van der Waals surface area contributed by atoms with Crippen molar-refractivity contribution >= 4 is 17.9 Å². The zero-order valence-electron chi connectivity index (χ0n) is 13.4. The number of carbonyl (C=O) groups is 2. The summed E-state index contributed by atoms with van der Waals surface area (Å²) < 4.78 is 5.77. The largest absolute Gasteiger partial charge is 0.491 e. The summed E-state index contributed by atoms with van der Waals surface area (Å²) in [5, 5.41) is 11.4. The molecule has 1 amide bonds. The lowest BCUT2D eigenvalue weighted by atomic mass is 10.1. The molecule has 0 saturated heterocycles. The van der Waals surface area contributed by atoms with Gasteiger partial charge in [0.1, 0.15) is 11.5 Å². The summed E-state index contributed by atoms with van der Waals surface area (Å²) in [6.45, 7) is 1.95. The zero-order valence-corrected chi connectivity index (χ0v) is 13.4. The molecule has 0 heterocycles. The number of ether oxygens (including phenoxy) is 1. The molecule has 0 atom stereocenters. The molecule has 2 aromatic carbocycles. The van der Waals surface area contributed by atoms with E-state index in [0.717, 1.165) is 11.1 Å². The van der Waals surface area contributed by atoms with Crippen molar-refractivity contribution in [2.75, 3.05) is 11.9 Å². The fourth-order valence-corrected chi connectivity index (χ4v) is 2.29. The van der Waals surface area contributed by atoms with Crippen molar-refractivity contribution in [2.45, 2.75) is 19.8 Å². The van der Waals surface area contributed by atoms with Gasteiger partial charge in [0, 0.05) is 12.8 Å². The van der Waals surface area contributed by atoms with Gasteiger partial charge in [0.25, 0.3) is 0 Å². The lowest BCUT2D eigenvalue weighted by Gasteiger charge is -2.12. The molecule has 0 spiro atoms. The highest BCUT2D eigenvalue weighted by Crippen LogP contribution is 2.26. The van der Waals surface area contributed by atoms with Crippen LogP contribution < -0.4 is 10.1 Å². The second-order valence-corrected chi connectivity index (χ2v) is 5.38. The van der Waals surface area contributed by atoms with E-state index in [9.17, 15) is 9.59 Å². The first-order valence-corrected chi connectivity index (χ1v) is 7.56. The Labute approximate surface area is 140 Å². The molecule has 5 nitrogen and oxygen atoms in total. The third kappa shape index (κ3) is 4.96. The molecular formula is C19H18N2O3. The monoisotopic (exact) mass is 322 g/mol. The van der Waals surface area contributed by atoms with Crippen LogP contribution in [-0.4, -0.2) is 18.8 Å². The van der Waals surface area contributed by atoms with Gasteiger partial charge in [-0.2, -0.15) is 5.26 Å². The minimum absolute atomic E-state index is 0.0645. The molecule has 0 aliphatic rings. The SMILES string of the molecule is CC(=O)Cc1ccc(NC=O)c(OCCc2ccc(C#N)cc2)c1. The van der Waals surface area contributed by atoms with Crippen LogP contribution in [0, 0.1) is 11.3 Å². The summed E-state index contributed by atoms with van der Waals surface area (Å²) in [5.41, 5.74) is 3.08. The van der Waals surface area contributed by atoms with Gasteiger partial charge in [-0.3, -0.25) is 9.59 Å². The van der Waals surface area contributed by atoms with Crippen LogP contribution in [0.25, 0.3) is 0 Å². The molecule has 0 radical (unpaired) electrons. The molecule has 5 heteroatoms. The summed E-state index contributed by atoms with van der Waals surface area (Å²) in [6, 6.07) is 14.7. The van der Waals surface area contributed by atoms with Gasteiger partial charge < -0.3 is 10.1 Å². The quantitative estimate of drug-likeness (QED) is 0.758. The maximum atomic E-state index is 11.3. The fourth-order valence-electron chi connectivity index (χ4n) is 2.29. The Balaban J connectivity index is 2.04. The normalized spacial score (nSPS) is 9.83. The van der Waals surface area contributed by atoms with Crippen molar-refractivity contribution in [3.8, 4) is 11.8 Å². The van der Waals surface area contributed by atoms with E-state index < -0.39 is 0 Å². The molecule has 2 aromatic rings. The Hall–Kier alpha value is -3.13. The molecular weight excluding hydrogens is 304 g/mol. The smallest absolute Gasteiger partial charge is 0.211 e. The summed E-state index contributed by atoms with van der Waals surface area (Å²) in [4.78, 5) is 21.9. The number of hydrogen-bond acceptors (Lipinski definition) is 4. The molecule has 24 heavy (non-hydrogen) atoms. The van der Waals surface area contributed by atoms with E-state index in [1.807, 2.05) is 12.1 Å². The summed E-state index contributed by atoms with van der Waals surface area (Å²) in [6.07, 6.45) is 1.59. The highest BCUT2D eigenvalue weighted by Gasteiger charge is 2.07. The summed E-state index contributed by atoms with van der Waals surface area (Å²) in [7, 11) is 0. The second kappa shape index (κ2) is 8.49. The number of anilines is 1. The molecule has 1 N–H and O–H groups in total. The number of nitriles is 1. The molecule has 122 valence electrons. The van der Waals surface area contributed by atoms with E-state index in [4.69, 9.17) is 10.00 Å². The van der Waals surface area contributed by atoms with Crippen LogP contribution in [0.3, 0.4) is 0 Å². The molecule has 0 aliphatic carbocycles. The maximum Gasteiger partial charge on any atom is 0.211 e. The van der Waals surface area contributed by atoms with Crippen LogP contribution >= 0.6 is 0 Å². The third-order valence-corrected chi connectivity index (χ3v) is 3.44. The van der Waals surface area contributed by atoms with Crippen molar-refractivity contribution in [1.82, 2.24) is 0 Å². The average molecular weight is 322 g/mol. The lowest BCUT2D eigenvalue weighted by molar-refractivity contribution is -0.116. The number of carbonyl (C=O) groups excluding carboxylic acids is 2. The standard InChI is InChI=1S/C19H18N2O3/c1-14(23)10-17-6-7-18(21-13-22)19(11-17)24-9-8-15-2-4-16(12-20)5-3-15/h2-7,11,13H,8-10H2,1H3,(H,21,22). The van der Waals surface area contributed by atoms with E-state index in [-0.39, 0.29) is 5.78 Å². The lowest BCUT2D eigenvalue weighted by Crippen LogP contribution is -2.06. The van der Waals surface area contributed by atoms with Gasteiger partial charge in [-0.25, -0.2) is 0 Å². The van der Waals surface area contributed by atoms with Gasteiger partial charge in [-0.05, 0) is 42.3 Å². The van der Waals surface area contributed by atoms with Crippen LogP contribution in [0.1, 0.15) is 23.6 Å². The molecule has 0 aromatic heterocycles. The van der Waals surface area contributed by atoms with E-state index in [0.29, 0.717) is 42.9 Å². The summed E-state index contributed by atoms with van der Waals surface area (Å²) in [5.74, 6) is 0.601. The zero-order chi connectivity index (χ0) is 17.4. The first-order chi connectivity index (χ1) is 11.6. The van der Waals surface area contributed by atoms with E-state index >= 15 is 0 Å². The van der Waals surface area contributed by atoms with Gasteiger partial charge in [0.05, 0.1) is 23.9 Å². The molecule has 0 bridgehead atoms. The Morgan fingerprint density at radius 3 is 2.54 bits per heavy atom. The van der Waals surface area contributed by atoms with Crippen LogP contribution in [0.15, 0.2) is 42.5 Å². The van der Waals surface area contributed by atoms with Gasteiger partial charge in [0.15, 0.2) is 0 Å². The topological polar surface area (TPSA) is 79.2 Å². The number of ketones is 1. The predicted molar refractivity (Wildman–Crippen MR) is 90.9 cm³/mol. The highest BCUT2D eigenvalue weighted by molar-refractivity contribution is 5.80. The van der Waals surface area contributed by atoms with Crippen molar-refractivity contribution in [3.05, 3.63) is 59.2 Å². The molecule has 0 unspecified atom stereocenters. The predicted octanol–water partition coefficient (Wildman–Crippen LogP) is 2.88. The van der Waals surface area contributed by atoms with E-state index in [1.165, 1.54) is 6.92 Å². The first kappa shape index (κ1) is 17.2. The second-order valence-electron chi connectivity index (χ2n) is 5.38. The van der Waals surface area contributed by atoms with Gasteiger partial charge in [-0.1, -0.05) is 18.2 Å². The Bertz CT molecular complexity index is 761. The van der Waals surface area contributed by atoms with Crippen LogP contribution in [0.5, 0.6) is 5.75 Å². The summed E-state index contributed by atoms with van der Waals surface area (Å²) >= 11 is 0. The van der Waals surface area contributed by atoms with Crippen LogP contribution in [-0.2, 0) is 22.4 Å². The number of nitrogens with zero attached hydrogens (tertiary/aromatic N) is 1. The fraction of sp³-hybridized carbons (Fsp3) is 0.211. The molecule has 2 rings (SSSR count). The van der Waals surface area contributed by atoms with Crippen molar-refractivity contribution in [1.29, 1.82) is 5.26 Å².